The Morgan fingerprint density at radius 2 is 1.62 bits per heavy atom. The Balaban J connectivity index is 1.38. The molecular weight excluding hydrogens is 677 g/mol. The fraction of sp³-hybridized carbons (Fsp3) is 0.325. The van der Waals surface area contributed by atoms with Crippen LogP contribution in [0.2, 0.25) is 0 Å². The van der Waals surface area contributed by atoms with Crippen LogP contribution in [0, 0.1) is 0 Å². The molecule has 1 unspecified atom stereocenters. The monoisotopic (exact) mass is 723 g/mol. The number of fused-ring (bicyclic) bond motifs is 4. The molecule has 0 bridgehead atoms. The van der Waals surface area contributed by atoms with Gasteiger partial charge in [0.25, 0.3) is 0 Å². The van der Waals surface area contributed by atoms with Gasteiger partial charge < -0.3 is 24.3 Å². The average Bonchev–Trinajstić information content (AvgIpc) is 3.47. The molecule has 272 valence electrons. The summed E-state index contributed by atoms with van der Waals surface area (Å²) in [5, 5.41) is 5.53. The van der Waals surface area contributed by atoms with E-state index in [1.807, 2.05) is 102 Å². The summed E-state index contributed by atoms with van der Waals surface area (Å²) in [5.74, 6) is 0.700. The number of nitrogens with zero attached hydrogens (tertiary/aromatic N) is 3. The van der Waals surface area contributed by atoms with Crippen molar-refractivity contribution in [1.29, 1.82) is 0 Å². The van der Waals surface area contributed by atoms with Gasteiger partial charge in [0.2, 0.25) is 0 Å². The molecule has 3 atom stereocenters. The molecule has 0 saturated carbocycles. The van der Waals surface area contributed by atoms with Crippen molar-refractivity contribution in [3.63, 3.8) is 0 Å². The van der Waals surface area contributed by atoms with Gasteiger partial charge in [-0.05, 0) is 70.5 Å². The molecule has 0 radical (unpaired) electrons. The zero-order chi connectivity index (χ0) is 36.9. The molecule has 2 heterocycles. The molecule has 2 aromatic heterocycles. The van der Waals surface area contributed by atoms with Crippen LogP contribution in [-0.4, -0.2) is 44.9 Å². The summed E-state index contributed by atoms with van der Waals surface area (Å²) in [7, 11) is -4.32. The molecule has 0 spiro atoms. The van der Waals surface area contributed by atoms with Gasteiger partial charge in [-0.25, -0.2) is 14.5 Å². The van der Waals surface area contributed by atoms with Gasteiger partial charge in [0, 0.05) is 17.4 Å². The molecule has 0 amide bonds. The van der Waals surface area contributed by atoms with Crippen LogP contribution >= 0.6 is 7.75 Å². The zero-order valence-corrected chi connectivity index (χ0v) is 31.1. The number of anilines is 1. The second-order valence-corrected chi connectivity index (χ2v) is 15.4. The summed E-state index contributed by atoms with van der Waals surface area (Å²) in [5.41, 5.74) is 8.68. The number of ether oxygens (including phenoxy) is 2. The van der Waals surface area contributed by atoms with E-state index in [0.717, 1.165) is 32.8 Å². The van der Waals surface area contributed by atoms with Crippen LogP contribution in [0.1, 0.15) is 52.4 Å². The highest BCUT2D eigenvalue weighted by Gasteiger charge is 2.38. The van der Waals surface area contributed by atoms with E-state index < -0.39 is 31.5 Å². The molecule has 11 nitrogen and oxygen atoms in total. The number of nitrogens with one attached hydrogen (secondary N) is 1. The molecule has 4 aromatic carbocycles. The smallest absolute Gasteiger partial charge is 0.459 e. The van der Waals surface area contributed by atoms with Crippen molar-refractivity contribution < 1.29 is 27.9 Å². The van der Waals surface area contributed by atoms with E-state index in [2.05, 4.69) is 10.1 Å². The van der Waals surface area contributed by atoms with Crippen LogP contribution in [-0.2, 0) is 42.9 Å². The largest absolute Gasteiger partial charge is 0.459 e. The Morgan fingerprint density at radius 3 is 2.37 bits per heavy atom. The Bertz CT molecular complexity index is 2210. The van der Waals surface area contributed by atoms with Gasteiger partial charge in [0.15, 0.2) is 5.82 Å². The molecule has 0 aliphatic rings. The van der Waals surface area contributed by atoms with Crippen molar-refractivity contribution in [1.82, 2.24) is 19.6 Å². The standard InChI is InChI=1S/C40H46N5O6P/c1-6-48-26-35-43-36-37(31-20-12-13-21-32(31)42-38(36)41)45(35)25-27(2)50-52(47,51-34-22-14-18-29-17-10-11-19-30(29)34)44-33(39(46)49-40(3,4)5)24-23-28-15-8-7-9-16-28/h7-22,27,33H,6,23-26H2,1-5H3,(H2,41,42)(H,44,47)/t27-,33+,52?/m1/s1. The van der Waals surface area contributed by atoms with Crippen LogP contribution in [0.4, 0.5) is 5.82 Å². The third-order valence-corrected chi connectivity index (χ3v) is 10.1. The Morgan fingerprint density at radius 1 is 0.923 bits per heavy atom. The van der Waals surface area contributed by atoms with Crippen molar-refractivity contribution in [2.45, 2.75) is 78.4 Å². The van der Waals surface area contributed by atoms with Crippen molar-refractivity contribution in [3.05, 3.63) is 108 Å². The number of carbonyl (C=O) groups is 1. The van der Waals surface area contributed by atoms with E-state index in [4.69, 9.17) is 29.2 Å². The number of para-hydroxylation sites is 1. The summed E-state index contributed by atoms with van der Waals surface area (Å²) in [6.45, 7) is 10.0. The predicted octanol–water partition coefficient (Wildman–Crippen LogP) is 8.38. The lowest BCUT2D eigenvalue weighted by Crippen LogP contribution is -2.41. The minimum atomic E-state index is -4.32. The summed E-state index contributed by atoms with van der Waals surface area (Å²) in [4.78, 5) is 23.2. The highest BCUT2D eigenvalue weighted by Crippen LogP contribution is 2.48. The Labute approximate surface area is 304 Å². The van der Waals surface area contributed by atoms with Crippen LogP contribution in [0.3, 0.4) is 0 Å². The number of carbonyl (C=O) groups excluding carboxylic acids is 1. The number of aromatic nitrogens is 3. The van der Waals surface area contributed by atoms with Crippen LogP contribution < -0.4 is 15.3 Å². The van der Waals surface area contributed by atoms with Crippen LogP contribution in [0.25, 0.3) is 32.7 Å². The SMILES string of the molecule is CCOCc1nc2c(N)nc3ccccc3c2n1C[C@@H](C)OP(=O)(N[C@@H](CCc1ccccc1)C(=O)OC(C)(C)C)Oc1cccc2ccccc12. The summed E-state index contributed by atoms with van der Waals surface area (Å²) in [6, 6.07) is 29.6. The summed E-state index contributed by atoms with van der Waals surface area (Å²) < 4.78 is 41.6. The lowest BCUT2D eigenvalue weighted by Gasteiger charge is -2.29. The molecule has 6 aromatic rings. The van der Waals surface area contributed by atoms with Gasteiger partial charge in [0.05, 0.1) is 23.7 Å². The lowest BCUT2D eigenvalue weighted by atomic mass is 10.1. The second-order valence-electron chi connectivity index (χ2n) is 13.7. The number of nitrogens with two attached hydrogens (primary N) is 1. The number of pyridine rings is 1. The minimum Gasteiger partial charge on any atom is -0.459 e. The van der Waals surface area contributed by atoms with E-state index in [0.29, 0.717) is 35.9 Å². The number of benzene rings is 4. The number of aryl methyl sites for hydroxylation is 1. The number of imidazole rings is 1. The fourth-order valence-corrected chi connectivity index (χ4v) is 7.90. The predicted molar refractivity (Wildman–Crippen MR) is 205 cm³/mol. The topological polar surface area (TPSA) is 140 Å². The molecule has 12 heteroatoms. The van der Waals surface area contributed by atoms with E-state index in [9.17, 15) is 4.79 Å². The van der Waals surface area contributed by atoms with E-state index in [1.54, 1.807) is 33.8 Å². The minimum absolute atomic E-state index is 0.206. The zero-order valence-electron chi connectivity index (χ0n) is 30.2. The van der Waals surface area contributed by atoms with E-state index in [1.165, 1.54) is 0 Å². The van der Waals surface area contributed by atoms with Gasteiger partial charge in [-0.15, -0.1) is 0 Å². The molecule has 6 rings (SSSR count). The molecule has 0 aliphatic heterocycles. The Kier molecular flexibility index (Phi) is 11.3. The van der Waals surface area contributed by atoms with Gasteiger partial charge in [-0.2, -0.15) is 5.09 Å². The van der Waals surface area contributed by atoms with Crippen molar-refractivity contribution in [3.8, 4) is 5.75 Å². The number of hydrogen-bond acceptors (Lipinski definition) is 9. The highest BCUT2D eigenvalue weighted by atomic mass is 31.2. The van der Waals surface area contributed by atoms with Gasteiger partial charge in [-0.3, -0.25) is 9.32 Å². The lowest BCUT2D eigenvalue weighted by molar-refractivity contribution is -0.157. The fourth-order valence-electron chi connectivity index (χ4n) is 6.17. The van der Waals surface area contributed by atoms with Crippen molar-refractivity contribution in [2.75, 3.05) is 12.3 Å². The normalized spacial score (nSPS) is 14.3. The maximum atomic E-state index is 15.2. The first-order chi connectivity index (χ1) is 24.9. The number of hydrogen-bond donors (Lipinski definition) is 2. The average molecular weight is 724 g/mol. The molecule has 3 N–H and O–H groups in total. The van der Waals surface area contributed by atoms with Gasteiger partial charge in [-0.1, -0.05) is 84.9 Å². The first-order valence-electron chi connectivity index (χ1n) is 17.5. The third-order valence-electron chi connectivity index (χ3n) is 8.42. The first-order valence-corrected chi connectivity index (χ1v) is 19.1. The van der Waals surface area contributed by atoms with Crippen LogP contribution in [0.15, 0.2) is 97.1 Å². The quantitative estimate of drug-likeness (QED) is 0.0784. The van der Waals surface area contributed by atoms with Gasteiger partial charge in [0.1, 0.15) is 35.3 Å². The Hall–Kier alpha value is -4.80. The summed E-state index contributed by atoms with van der Waals surface area (Å²) in [6.07, 6.45) is 0.0710. The first kappa shape index (κ1) is 37.0. The van der Waals surface area contributed by atoms with Crippen LogP contribution in [0.5, 0.6) is 5.75 Å². The van der Waals surface area contributed by atoms with Gasteiger partial charge >= 0.3 is 13.7 Å². The number of nitrogen functional groups attached to an aromatic ring is 1. The van der Waals surface area contributed by atoms with Crippen molar-refractivity contribution in [2.24, 2.45) is 0 Å². The second kappa shape index (κ2) is 15.8. The number of rotatable bonds is 15. The maximum Gasteiger partial charge on any atom is 0.459 e. The van der Waals surface area contributed by atoms with Crippen molar-refractivity contribution >= 4 is 52.2 Å². The third kappa shape index (κ3) is 8.80. The number of esters is 1. The molecule has 52 heavy (non-hydrogen) atoms. The molecule has 0 aliphatic carbocycles. The molecule has 0 saturated heterocycles. The molecule has 0 fully saturated rings. The van der Waals surface area contributed by atoms with E-state index >= 15 is 4.57 Å². The molecular formula is C40H46N5O6P. The summed E-state index contributed by atoms with van der Waals surface area (Å²) >= 11 is 0. The highest BCUT2D eigenvalue weighted by molar-refractivity contribution is 7.52. The van der Waals surface area contributed by atoms with E-state index in [-0.39, 0.29) is 19.6 Å². The maximum absolute atomic E-state index is 15.2.